The van der Waals surface area contributed by atoms with Crippen LogP contribution in [0, 0.1) is 0 Å². The van der Waals surface area contributed by atoms with Crippen molar-refractivity contribution in [3.63, 3.8) is 0 Å². The van der Waals surface area contributed by atoms with E-state index >= 15 is 0 Å². The molecule has 0 saturated heterocycles. The van der Waals surface area contributed by atoms with E-state index in [0.717, 1.165) is 4.02 Å². The van der Waals surface area contributed by atoms with E-state index in [1.807, 2.05) is 4.40 Å². The van der Waals surface area contributed by atoms with Gasteiger partial charge in [0.05, 0.1) is 0 Å². The molecule has 2 nitrogen and oxygen atoms in total. The quantitative estimate of drug-likeness (QED) is 0.261. The number of nitrogens with one attached hydrogen (secondary N) is 1. The molecule has 0 rings (SSSR count). The van der Waals surface area contributed by atoms with Gasteiger partial charge in [-0.15, -0.1) is 0 Å². The number of nitrogens with two attached hydrogens (primary N) is 1. The Balaban J connectivity index is -0.00000000708. The molecule has 0 aliphatic heterocycles. The number of hydrazine groups is 1. The van der Waals surface area contributed by atoms with Crippen molar-refractivity contribution in [1.29, 1.82) is 0 Å². The van der Waals surface area contributed by atoms with Crippen LogP contribution in [0.1, 0.15) is 0 Å². The van der Waals surface area contributed by atoms with Crippen LogP contribution in [0.15, 0.2) is 0 Å². The predicted octanol–water partition coefficient (Wildman–Crippen LogP) is -1.54. The van der Waals surface area contributed by atoms with E-state index in [2.05, 4.69) is 5.43 Å². The van der Waals surface area contributed by atoms with Gasteiger partial charge in [-0.2, -0.15) is 0 Å². The second-order valence-corrected chi connectivity index (χ2v) is 3.05. The molecule has 0 spiro atoms. The first-order valence-electron chi connectivity index (χ1n) is 1.43. The van der Waals surface area contributed by atoms with Crippen molar-refractivity contribution in [3.8, 4) is 0 Å². The van der Waals surface area contributed by atoms with Gasteiger partial charge in [0.15, 0.2) is 0 Å². The van der Waals surface area contributed by atoms with Crippen molar-refractivity contribution >= 4 is 8.42 Å². The molecule has 0 bridgehead atoms. The third kappa shape index (κ3) is 51.3. The summed E-state index contributed by atoms with van der Waals surface area (Å²) in [6, 6.07) is 0. The Hall–Kier alpha value is 6.54. The molecule has 0 saturated carbocycles. The summed E-state index contributed by atoms with van der Waals surface area (Å²) in [7, 11) is 0. The van der Waals surface area contributed by atoms with Crippen LogP contribution in [-0.4, -0.2) is 8.42 Å². The minimum atomic E-state index is 0. The first kappa shape index (κ1) is 49.9. The van der Waals surface area contributed by atoms with Gasteiger partial charge in [0.2, 0.25) is 0 Å². The van der Waals surface area contributed by atoms with E-state index in [4.69, 9.17) is 5.84 Å². The topological polar surface area (TPSA) is 38.0 Å². The molecule has 14 heavy (non-hydrogen) atoms. The monoisotopic (exact) mass is 1900 g/mol. The molecule has 12 heteroatoms. The van der Waals surface area contributed by atoms with Gasteiger partial charge >= 0.3 is 90.8 Å². The van der Waals surface area contributed by atoms with Crippen molar-refractivity contribution in [2.75, 3.05) is 0 Å². The molecule has 0 atom stereocenters. The summed E-state index contributed by atoms with van der Waals surface area (Å²) in [4.78, 5) is 0. The predicted molar refractivity (Wildman–Crippen MR) is 18.4 cm³/mol. The molecular weight excluding hydrogens is 1890 g/mol. The third-order valence-corrected chi connectivity index (χ3v) is 4.27. The van der Waals surface area contributed by atoms with Crippen molar-refractivity contribution in [2.24, 2.45) is 5.84 Å². The second-order valence-electron chi connectivity index (χ2n) is 0.626. The summed E-state index contributed by atoms with van der Waals surface area (Å²) in [6.07, 6.45) is 0. The molecule has 0 radical (unpaired) electrons. The van der Waals surface area contributed by atoms with E-state index in [1.165, 1.54) is 38.7 Å². The molecule has 0 aliphatic carbocycles. The van der Waals surface area contributed by atoms with Crippen molar-refractivity contribution in [3.05, 3.63) is 0 Å². The molecule has 0 heterocycles. The van der Waals surface area contributed by atoms with Crippen LogP contribution in [0.4, 0.5) is 0 Å². The average Bonchev–Trinajstić information content (AvgIpc) is 1.91. The van der Waals surface area contributed by atoms with Crippen LogP contribution in [0.25, 0.3) is 0 Å². The summed E-state index contributed by atoms with van der Waals surface area (Å²) >= 11 is 6.16. The Morgan fingerprint density at radius 2 is 1.14 bits per heavy atom. The normalized spacial score (nSPS) is 3.50. The fourth-order valence-corrected chi connectivity index (χ4v) is 0.278. The SMILES string of the molecule is NN[C](=[W])[CH]=[W].[W].[W].[W].[W].[W].[W].[W]=[W]. The van der Waals surface area contributed by atoms with Crippen LogP contribution in [0.2, 0.25) is 0 Å². The zero-order chi connectivity index (χ0) is 6.99. The van der Waals surface area contributed by atoms with Gasteiger partial charge in [-0.1, -0.05) is 0 Å². The first-order chi connectivity index (χ1) is 3.81. The van der Waals surface area contributed by atoms with Crippen LogP contribution in [-0.2, 0) is 198 Å². The molecule has 0 fully saturated rings. The van der Waals surface area contributed by atoms with Crippen LogP contribution < -0.4 is 11.3 Å². The van der Waals surface area contributed by atoms with Gasteiger partial charge in [-0.3, -0.25) is 0 Å². The fourth-order valence-electron chi connectivity index (χ4n) is 0.0340. The van der Waals surface area contributed by atoms with Gasteiger partial charge in [0, 0.05) is 126 Å². The molecule has 0 aromatic heterocycles. The van der Waals surface area contributed by atoms with E-state index in [0.29, 0.717) is 0 Å². The first-order valence-corrected chi connectivity index (χ1v) is 15.6. The van der Waals surface area contributed by atoms with Crippen molar-refractivity contribution in [1.82, 2.24) is 5.43 Å². The summed E-state index contributed by atoms with van der Waals surface area (Å²) in [6.45, 7) is 0. The minimum absolute atomic E-state index is 0. The Labute approximate surface area is 212 Å². The van der Waals surface area contributed by atoms with E-state index in [1.54, 1.807) is 32.4 Å². The van der Waals surface area contributed by atoms with Gasteiger partial charge in [0.1, 0.15) is 0 Å². The van der Waals surface area contributed by atoms with Crippen LogP contribution in [0.5, 0.6) is 0 Å². The Morgan fingerprint density at radius 3 is 1.14 bits per heavy atom. The molecule has 3 N–H and O–H groups in total. The van der Waals surface area contributed by atoms with E-state index < -0.39 is 0 Å². The van der Waals surface area contributed by atoms with Gasteiger partial charge in [-0.25, -0.2) is 0 Å². The summed E-state index contributed by atoms with van der Waals surface area (Å²) in [5, 5.41) is 0. The molecule has 0 aromatic rings. The second kappa shape index (κ2) is 50.4. The van der Waals surface area contributed by atoms with Gasteiger partial charge < -0.3 is 0 Å². The molecule has 0 amide bonds. The number of rotatable bonds is 2. The molecular formula is C2H4N2W10. The van der Waals surface area contributed by atoms with Crippen LogP contribution >= 0.6 is 0 Å². The van der Waals surface area contributed by atoms with Crippen molar-refractivity contribution < 1.29 is 198 Å². The van der Waals surface area contributed by atoms with Crippen molar-refractivity contribution in [2.45, 2.75) is 0 Å². The van der Waals surface area contributed by atoms with E-state index in [-0.39, 0.29) is 126 Å². The van der Waals surface area contributed by atoms with Crippen LogP contribution in [0.3, 0.4) is 0 Å². The average molecular weight is 1890 g/mol. The van der Waals surface area contributed by atoms with E-state index in [9.17, 15) is 0 Å². The molecule has 82 valence electrons. The summed E-state index contributed by atoms with van der Waals surface area (Å²) in [5.41, 5.74) is 2.53. The molecule has 0 unspecified atom stereocenters. The molecule has 0 aromatic carbocycles. The fraction of sp³-hybridized carbons (Fsp3) is 0. The Kier molecular flexibility index (Phi) is 180. The van der Waals surface area contributed by atoms with Gasteiger partial charge in [0.25, 0.3) is 0 Å². The standard InChI is InChI=1S/C2H4N2.10W/c1-2-4-3;;;;;;;;;;/h1,4H,3H2;;;;;;;;;;. The number of hydrogen-bond donors (Lipinski definition) is 2. The maximum absolute atomic E-state index is 5.00. The Morgan fingerprint density at radius 1 is 0.929 bits per heavy atom. The third-order valence-electron chi connectivity index (χ3n) is 0.249. The zero-order valence-electron chi connectivity index (χ0n) is 6.24. The molecule has 0 aliphatic rings. The Bertz CT molecular complexity index is 86.2. The summed E-state index contributed by atoms with van der Waals surface area (Å²) in [5.74, 6) is 5.00. The van der Waals surface area contributed by atoms with Gasteiger partial charge in [-0.05, 0) is 0 Å². The maximum atomic E-state index is 5.00. The number of hydrogen-bond acceptors (Lipinski definition) is 2. The zero-order valence-corrected chi connectivity index (χ0v) is 35.6. The summed E-state index contributed by atoms with van der Waals surface area (Å²) < 4.78 is 3.14.